The molecule has 6 heteroatoms. The second kappa shape index (κ2) is 8.40. The summed E-state index contributed by atoms with van der Waals surface area (Å²) in [5.41, 5.74) is 2.97. The van der Waals surface area contributed by atoms with Crippen molar-refractivity contribution in [1.29, 1.82) is 0 Å². The molecule has 0 bridgehead atoms. The van der Waals surface area contributed by atoms with Crippen molar-refractivity contribution in [3.63, 3.8) is 0 Å². The average molecular weight is 364 g/mol. The van der Waals surface area contributed by atoms with Gasteiger partial charge in [0.1, 0.15) is 23.2 Å². The number of anilines is 1. The van der Waals surface area contributed by atoms with E-state index in [2.05, 4.69) is 26.7 Å². The number of hydrogen-bond acceptors (Lipinski definition) is 4. The Morgan fingerprint density at radius 2 is 1.81 bits per heavy atom. The molecule has 2 aromatic carbocycles. The molecular weight excluding hydrogens is 343 g/mol. The van der Waals surface area contributed by atoms with Crippen LogP contribution in [-0.2, 0) is 13.1 Å². The number of nitrogens with one attached hydrogen (secondary N) is 2. The van der Waals surface area contributed by atoms with Gasteiger partial charge in [0.15, 0.2) is 0 Å². The predicted octanol–water partition coefficient (Wildman–Crippen LogP) is 3.77. The number of nitrogens with zero attached hydrogens (tertiary/aromatic N) is 2. The third-order valence-corrected chi connectivity index (χ3v) is 4.02. The molecule has 0 fully saturated rings. The average Bonchev–Trinajstić information content (AvgIpc) is 2.65. The zero-order valence-electron chi connectivity index (χ0n) is 15.3. The molecule has 3 rings (SSSR count). The minimum absolute atomic E-state index is 0.0978. The van der Waals surface area contributed by atoms with Gasteiger partial charge in [-0.3, -0.25) is 4.79 Å². The number of aromatic nitrogens is 2. The maximum absolute atomic E-state index is 13.7. The Hall–Kier alpha value is -3.28. The second-order valence-electron chi connectivity index (χ2n) is 6.30. The Kier molecular flexibility index (Phi) is 5.76. The highest BCUT2D eigenvalue weighted by molar-refractivity contribution is 5.92. The summed E-state index contributed by atoms with van der Waals surface area (Å²) in [6.45, 7) is 4.46. The minimum atomic E-state index is -0.373. The van der Waals surface area contributed by atoms with Gasteiger partial charge in [0, 0.05) is 24.7 Å². The molecule has 0 aliphatic carbocycles. The minimum Gasteiger partial charge on any atom is -0.366 e. The van der Waals surface area contributed by atoms with Crippen LogP contribution in [0, 0.1) is 19.7 Å². The highest BCUT2D eigenvalue weighted by atomic mass is 19.1. The van der Waals surface area contributed by atoms with Crippen LogP contribution in [0.4, 0.5) is 10.2 Å². The predicted molar refractivity (Wildman–Crippen MR) is 103 cm³/mol. The number of hydrogen-bond donors (Lipinski definition) is 2. The smallest absolute Gasteiger partial charge is 0.270 e. The van der Waals surface area contributed by atoms with Gasteiger partial charge in [-0.2, -0.15) is 0 Å². The number of aryl methyl sites for hydroxylation is 2. The third kappa shape index (κ3) is 5.10. The normalized spacial score (nSPS) is 10.5. The summed E-state index contributed by atoms with van der Waals surface area (Å²) in [5, 5.41) is 5.91. The van der Waals surface area contributed by atoms with Gasteiger partial charge in [0.25, 0.3) is 5.91 Å². The lowest BCUT2D eigenvalue weighted by molar-refractivity contribution is 0.0945. The largest absolute Gasteiger partial charge is 0.366 e. The SMILES string of the molecule is Cc1cccc(CNc2cc(C(=O)NCc3ccccc3F)nc(C)n2)c1. The van der Waals surface area contributed by atoms with Crippen LogP contribution in [0.2, 0.25) is 0 Å². The lowest BCUT2D eigenvalue weighted by Gasteiger charge is -2.10. The van der Waals surface area contributed by atoms with E-state index in [1.165, 1.54) is 11.6 Å². The van der Waals surface area contributed by atoms with E-state index in [1.807, 2.05) is 25.1 Å². The fraction of sp³-hybridized carbons (Fsp3) is 0.190. The van der Waals surface area contributed by atoms with Gasteiger partial charge < -0.3 is 10.6 Å². The van der Waals surface area contributed by atoms with Gasteiger partial charge in [-0.05, 0) is 25.5 Å². The monoisotopic (exact) mass is 364 g/mol. The highest BCUT2D eigenvalue weighted by Crippen LogP contribution is 2.11. The van der Waals surface area contributed by atoms with Crippen LogP contribution in [0.15, 0.2) is 54.6 Å². The van der Waals surface area contributed by atoms with Gasteiger partial charge >= 0.3 is 0 Å². The quantitative estimate of drug-likeness (QED) is 0.699. The van der Waals surface area contributed by atoms with Crippen LogP contribution in [-0.4, -0.2) is 15.9 Å². The van der Waals surface area contributed by atoms with Crippen molar-refractivity contribution in [2.75, 3.05) is 5.32 Å². The van der Waals surface area contributed by atoms with Crippen LogP contribution in [0.5, 0.6) is 0 Å². The molecule has 0 saturated carbocycles. The molecule has 0 saturated heterocycles. The highest BCUT2D eigenvalue weighted by Gasteiger charge is 2.11. The van der Waals surface area contributed by atoms with Gasteiger partial charge in [-0.1, -0.05) is 48.0 Å². The molecule has 1 amide bonds. The van der Waals surface area contributed by atoms with Crippen molar-refractivity contribution in [3.8, 4) is 0 Å². The Morgan fingerprint density at radius 3 is 2.59 bits per heavy atom. The number of carbonyl (C=O) groups is 1. The molecule has 2 N–H and O–H groups in total. The molecule has 0 radical (unpaired) electrons. The summed E-state index contributed by atoms with van der Waals surface area (Å²) in [4.78, 5) is 20.9. The lowest BCUT2D eigenvalue weighted by atomic mass is 10.1. The first kappa shape index (κ1) is 18.5. The van der Waals surface area contributed by atoms with E-state index in [0.29, 0.717) is 23.8 Å². The zero-order chi connectivity index (χ0) is 19.2. The van der Waals surface area contributed by atoms with Crippen LogP contribution in [0.1, 0.15) is 33.0 Å². The number of rotatable bonds is 6. The van der Waals surface area contributed by atoms with E-state index in [4.69, 9.17) is 0 Å². The summed E-state index contributed by atoms with van der Waals surface area (Å²) in [6.07, 6.45) is 0. The first-order valence-corrected chi connectivity index (χ1v) is 8.68. The van der Waals surface area contributed by atoms with Gasteiger partial charge in [-0.25, -0.2) is 14.4 Å². The first-order valence-electron chi connectivity index (χ1n) is 8.68. The van der Waals surface area contributed by atoms with E-state index in [-0.39, 0.29) is 24.0 Å². The van der Waals surface area contributed by atoms with E-state index in [1.54, 1.807) is 31.2 Å². The molecule has 138 valence electrons. The molecule has 3 aromatic rings. The summed E-state index contributed by atoms with van der Waals surface area (Å²) in [7, 11) is 0. The second-order valence-corrected chi connectivity index (χ2v) is 6.30. The maximum Gasteiger partial charge on any atom is 0.270 e. The zero-order valence-corrected chi connectivity index (χ0v) is 15.3. The van der Waals surface area contributed by atoms with Crippen LogP contribution in [0.3, 0.4) is 0 Å². The van der Waals surface area contributed by atoms with E-state index >= 15 is 0 Å². The molecule has 5 nitrogen and oxygen atoms in total. The van der Waals surface area contributed by atoms with E-state index in [9.17, 15) is 9.18 Å². The Balaban J connectivity index is 1.67. The number of amides is 1. The summed E-state index contributed by atoms with van der Waals surface area (Å²) in [5.74, 6) is 0.333. The third-order valence-electron chi connectivity index (χ3n) is 4.02. The Bertz CT molecular complexity index is 958. The van der Waals surface area contributed by atoms with Gasteiger partial charge in [0.2, 0.25) is 0 Å². The van der Waals surface area contributed by atoms with E-state index < -0.39 is 0 Å². The van der Waals surface area contributed by atoms with Crippen molar-refractivity contribution >= 4 is 11.7 Å². The standard InChI is InChI=1S/C21H21FN4O/c1-14-6-5-7-16(10-14)12-23-20-11-19(25-15(2)26-20)21(27)24-13-17-8-3-4-9-18(17)22/h3-11H,12-13H2,1-2H3,(H,24,27)(H,23,25,26). The number of halogens is 1. The Morgan fingerprint density at radius 1 is 1.00 bits per heavy atom. The number of carbonyl (C=O) groups excluding carboxylic acids is 1. The van der Waals surface area contributed by atoms with Crippen molar-refractivity contribution in [2.45, 2.75) is 26.9 Å². The molecule has 0 unspecified atom stereocenters. The maximum atomic E-state index is 13.7. The topological polar surface area (TPSA) is 66.9 Å². The van der Waals surface area contributed by atoms with E-state index in [0.717, 1.165) is 5.56 Å². The fourth-order valence-corrected chi connectivity index (χ4v) is 2.70. The van der Waals surface area contributed by atoms with Crippen LogP contribution < -0.4 is 10.6 Å². The molecular formula is C21H21FN4O. The molecule has 1 aromatic heterocycles. The molecule has 0 spiro atoms. The molecule has 0 atom stereocenters. The van der Waals surface area contributed by atoms with Crippen molar-refractivity contribution in [3.05, 3.63) is 88.6 Å². The van der Waals surface area contributed by atoms with Crippen LogP contribution >= 0.6 is 0 Å². The molecule has 0 aliphatic rings. The number of benzene rings is 2. The summed E-state index contributed by atoms with van der Waals surface area (Å²) >= 11 is 0. The van der Waals surface area contributed by atoms with Crippen molar-refractivity contribution < 1.29 is 9.18 Å². The van der Waals surface area contributed by atoms with Gasteiger partial charge in [-0.15, -0.1) is 0 Å². The first-order chi connectivity index (χ1) is 13.0. The molecule has 0 aliphatic heterocycles. The molecule has 27 heavy (non-hydrogen) atoms. The van der Waals surface area contributed by atoms with Crippen molar-refractivity contribution in [2.24, 2.45) is 0 Å². The fourth-order valence-electron chi connectivity index (χ4n) is 2.70. The molecule has 1 heterocycles. The van der Waals surface area contributed by atoms with Crippen molar-refractivity contribution in [1.82, 2.24) is 15.3 Å². The van der Waals surface area contributed by atoms with Gasteiger partial charge in [0.05, 0.1) is 0 Å². The Labute approximate surface area is 157 Å². The lowest BCUT2D eigenvalue weighted by Crippen LogP contribution is -2.25. The summed E-state index contributed by atoms with van der Waals surface area (Å²) in [6, 6.07) is 16.1. The van der Waals surface area contributed by atoms with Crippen LogP contribution in [0.25, 0.3) is 0 Å². The summed E-state index contributed by atoms with van der Waals surface area (Å²) < 4.78 is 13.7.